The van der Waals surface area contributed by atoms with Gasteiger partial charge in [-0.05, 0) is 43.2 Å². The van der Waals surface area contributed by atoms with Gasteiger partial charge in [-0.1, -0.05) is 29.4 Å². The van der Waals surface area contributed by atoms with Gasteiger partial charge in [0.15, 0.2) is 5.82 Å². The summed E-state index contributed by atoms with van der Waals surface area (Å²) in [7, 11) is 0. The summed E-state index contributed by atoms with van der Waals surface area (Å²) < 4.78 is 5.27. The van der Waals surface area contributed by atoms with Gasteiger partial charge in [-0.25, -0.2) is 0 Å². The molecule has 1 aromatic carbocycles. The number of rotatable bonds is 4. The normalized spacial score (nSPS) is 21.0. The van der Waals surface area contributed by atoms with Crippen LogP contribution in [0.2, 0.25) is 0 Å². The van der Waals surface area contributed by atoms with E-state index >= 15 is 0 Å². The largest absolute Gasteiger partial charge is 0.339 e. The molecule has 0 bridgehead atoms. The van der Waals surface area contributed by atoms with Crippen LogP contribution in [0.5, 0.6) is 0 Å². The van der Waals surface area contributed by atoms with Gasteiger partial charge in [0, 0.05) is 11.8 Å². The molecule has 1 aromatic heterocycles. The summed E-state index contributed by atoms with van der Waals surface area (Å²) in [6.45, 7) is 0. The number of fused-ring (bicyclic) bond motifs is 1. The average Bonchev–Trinajstić information content (AvgIpc) is 3.27. The Morgan fingerprint density at radius 3 is 2.81 bits per heavy atom. The van der Waals surface area contributed by atoms with E-state index in [9.17, 15) is 4.79 Å². The molecule has 1 saturated carbocycles. The lowest BCUT2D eigenvalue weighted by Crippen LogP contribution is -2.14. The minimum atomic E-state index is 0.249. The van der Waals surface area contributed by atoms with E-state index in [1.807, 2.05) is 0 Å². The van der Waals surface area contributed by atoms with Crippen molar-refractivity contribution in [3.63, 3.8) is 0 Å². The summed E-state index contributed by atoms with van der Waals surface area (Å²) >= 11 is 0. The van der Waals surface area contributed by atoms with E-state index in [-0.39, 0.29) is 11.7 Å². The first-order valence-electron chi connectivity index (χ1n) is 7.71. The van der Waals surface area contributed by atoms with Gasteiger partial charge in [-0.15, -0.1) is 0 Å². The maximum Gasteiger partial charge on any atom is 0.234 e. The fourth-order valence-corrected chi connectivity index (χ4v) is 3.12. The third kappa shape index (κ3) is 2.62. The molecular formula is C17H18N2O2. The molecule has 108 valence electrons. The van der Waals surface area contributed by atoms with Gasteiger partial charge in [-0.3, -0.25) is 4.79 Å². The van der Waals surface area contributed by atoms with Crippen LogP contribution in [-0.4, -0.2) is 15.9 Å². The van der Waals surface area contributed by atoms with Gasteiger partial charge in [0.05, 0.1) is 6.42 Å². The van der Waals surface area contributed by atoms with E-state index in [4.69, 9.17) is 4.52 Å². The number of carbonyl (C=O) groups is 1. The van der Waals surface area contributed by atoms with Crippen molar-refractivity contribution in [2.75, 3.05) is 0 Å². The fraction of sp³-hybridized carbons (Fsp3) is 0.471. The van der Waals surface area contributed by atoms with Gasteiger partial charge >= 0.3 is 0 Å². The number of aryl methyl sites for hydroxylation is 1. The lowest BCUT2D eigenvalue weighted by atomic mass is 9.83. The Kier molecular flexibility index (Phi) is 3.09. The van der Waals surface area contributed by atoms with Crippen LogP contribution in [0.15, 0.2) is 28.8 Å². The monoisotopic (exact) mass is 282 g/mol. The number of hydrogen-bond donors (Lipinski definition) is 0. The van der Waals surface area contributed by atoms with Gasteiger partial charge in [-0.2, -0.15) is 4.98 Å². The van der Waals surface area contributed by atoms with Crippen molar-refractivity contribution >= 4 is 5.78 Å². The molecule has 0 saturated heterocycles. The molecule has 0 radical (unpaired) electrons. The highest BCUT2D eigenvalue weighted by Crippen LogP contribution is 2.32. The van der Waals surface area contributed by atoms with E-state index in [1.165, 1.54) is 11.1 Å². The molecule has 21 heavy (non-hydrogen) atoms. The second-order valence-corrected chi connectivity index (χ2v) is 6.17. The molecule has 1 atom stereocenters. The van der Waals surface area contributed by atoms with E-state index in [1.54, 1.807) is 0 Å². The van der Waals surface area contributed by atoms with Crippen LogP contribution >= 0.6 is 0 Å². The standard InChI is InChI=1S/C17H18N2O2/c20-15(12-6-7-12)10-16-18-17(19-21-16)14-8-5-11-3-1-2-4-13(11)9-14/h1-4,12,14H,5-10H2. The van der Waals surface area contributed by atoms with Crippen LogP contribution in [0.3, 0.4) is 0 Å². The van der Waals surface area contributed by atoms with Gasteiger partial charge < -0.3 is 4.52 Å². The first kappa shape index (κ1) is 12.7. The highest BCUT2D eigenvalue weighted by atomic mass is 16.5. The summed E-state index contributed by atoms with van der Waals surface area (Å²) in [4.78, 5) is 16.3. The zero-order valence-electron chi connectivity index (χ0n) is 11.9. The van der Waals surface area contributed by atoms with Crippen LogP contribution < -0.4 is 0 Å². The van der Waals surface area contributed by atoms with Crippen LogP contribution in [-0.2, 0) is 24.1 Å². The molecule has 2 aliphatic rings. The van der Waals surface area contributed by atoms with E-state index in [2.05, 4.69) is 34.4 Å². The molecular weight excluding hydrogens is 264 g/mol. The van der Waals surface area contributed by atoms with Crippen molar-refractivity contribution in [1.82, 2.24) is 10.1 Å². The Hall–Kier alpha value is -1.97. The molecule has 1 heterocycles. The molecule has 4 heteroatoms. The molecule has 0 amide bonds. The third-order valence-corrected chi connectivity index (χ3v) is 4.55. The first-order valence-corrected chi connectivity index (χ1v) is 7.71. The maximum absolute atomic E-state index is 11.8. The SMILES string of the molecule is O=C(Cc1nc(C2CCc3ccccc3C2)no1)C1CC1. The van der Waals surface area contributed by atoms with Gasteiger partial charge in [0.2, 0.25) is 5.89 Å². The number of nitrogens with zero attached hydrogens (tertiary/aromatic N) is 2. The molecule has 4 rings (SSSR count). The van der Waals surface area contributed by atoms with E-state index < -0.39 is 0 Å². The fourth-order valence-electron chi connectivity index (χ4n) is 3.12. The first-order chi connectivity index (χ1) is 10.3. The summed E-state index contributed by atoms with van der Waals surface area (Å²) in [6, 6.07) is 8.55. The maximum atomic E-state index is 11.8. The van der Waals surface area contributed by atoms with Crippen molar-refractivity contribution in [2.24, 2.45) is 5.92 Å². The van der Waals surface area contributed by atoms with E-state index in [0.717, 1.165) is 37.9 Å². The van der Waals surface area contributed by atoms with Crippen LogP contribution in [0.25, 0.3) is 0 Å². The lowest BCUT2D eigenvalue weighted by Gasteiger charge is -2.21. The van der Waals surface area contributed by atoms with Gasteiger partial charge in [0.25, 0.3) is 0 Å². The van der Waals surface area contributed by atoms with Crippen molar-refractivity contribution < 1.29 is 9.32 Å². The Bertz CT molecular complexity index is 673. The molecule has 1 unspecified atom stereocenters. The number of hydrogen-bond acceptors (Lipinski definition) is 4. The quantitative estimate of drug-likeness (QED) is 0.865. The molecule has 4 nitrogen and oxygen atoms in total. The summed E-state index contributed by atoms with van der Waals surface area (Å²) in [5.74, 6) is 2.07. The summed E-state index contributed by atoms with van der Waals surface area (Å²) in [5.41, 5.74) is 2.82. The number of carbonyl (C=O) groups excluding carboxylic acids is 1. The molecule has 1 fully saturated rings. The van der Waals surface area contributed by atoms with Gasteiger partial charge in [0.1, 0.15) is 5.78 Å². The number of benzene rings is 1. The Morgan fingerprint density at radius 2 is 2.00 bits per heavy atom. The average molecular weight is 282 g/mol. The van der Waals surface area contributed by atoms with Crippen LogP contribution in [0.4, 0.5) is 0 Å². The lowest BCUT2D eigenvalue weighted by molar-refractivity contribution is -0.119. The smallest absolute Gasteiger partial charge is 0.234 e. The number of Topliss-reactive ketones (excluding diaryl/α,β-unsaturated/α-hetero) is 1. The number of ketones is 1. The second kappa shape index (κ2) is 5.10. The van der Waals surface area contributed by atoms with E-state index in [0.29, 0.717) is 18.2 Å². The molecule has 2 aromatic rings. The van der Waals surface area contributed by atoms with Crippen molar-refractivity contribution in [3.8, 4) is 0 Å². The zero-order chi connectivity index (χ0) is 14.2. The topological polar surface area (TPSA) is 56.0 Å². The number of aromatic nitrogens is 2. The predicted molar refractivity (Wildman–Crippen MR) is 76.9 cm³/mol. The molecule has 0 spiro atoms. The predicted octanol–water partition coefficient (Wildman–Crippen LogP) is 2.86. The minimum absolute atomic E-state index is 0.249. The minimum Gasteiger partial charge on any atom is -0.339 e. The molecule has 2 aliphatic carbocycles. The second-order valence-electron chi connectivity index (χ2n) is 6.17. The zero-order valence-corrected chi connectivity index (χ0v) is 11.9. The Balaban J connectivity index is 1.47. The highest BCUT2D eigenvalue weighted by molar-refractivity contribution is 5.84. The summed E-state index contributed by atoms with van der Waals surface area (Å²) in [6.07, 6.45) is 5.43. The Morgan fingerprint density at radius 1 is 1.19 bits per heavy atom. The van der Waals surface area contributed by atoms with Crippen molar-refractivity contribution in [2.45, 2.75) is 44.4 Å². The van der Waals surface area contributed by atoms with Crippen molar-refractivity contribution in [1.29, 1.82) is 0 Å². The van der Waals surface area contributed by atoms with Crippen LogP contribution in [0, 0.1) is 5.92 Å². The Labute approximate surface area is 123 Å². The highest BCUT2D eigenvalue weighted by Gasteiger charge is 2.31. The molecule has 0 aliphatic heterocycles. The van der Waals surface area contributed by atoms with Crippen LogP contribution in [0.1, 0.15) is 48.0 Å². The third-order valence-electron chi connectivity index (χ3n) is 4.55. The molecule has 0 N–H and O–H groups in total. The summed E-state index contributed by atoms with van der Waals surface area (Å²) in [5, 5.41) is 4.11. The van der Waals surface area contributed by atoms with Crippen molar-refractivity contribution in [3.05, 3.63) is 47.1 Å².